The van der Waals surface area contributed by atoms with E-state index in [0.717, 1.165) is 5.02 Å². The number of halogens is 1. The van der Waals surface area contributed by atoms with Crippen molar-refractivity contribution in [3.63, 3.8) is 0 Å². The van der Waals surface area contributed by atoms with Gasteiger partial charge in [0.05, 0.1) is 0 Å². The highest BCUT2D eigenvalue weighted by Crippen LogP contribution is 2.20. The summed E-state index contributed by atoms with van der Waals surface area (Å²) in [5.74, 6) is 0. The van der Waals surface area contributed by atoms with E-state index in [0.29, 0.717) is 0 Å². The Bertz CT molecular complexity index is 291. The minimum Gasteiger partial charge on any atom is -0.0843 e. The van der Waals surface area contributed by atoms with Crippen molar-refractivity contribution < 1.29 is 0 Å². The summed E-state index contributed by atoms with van der Waals surface area (Å²) in [4.78, 5) is 0. The van der Waals surface area contributed by atoms with E-state index in [1.807, 2.05) is 6.07 Å². The largest absolute Gasteiger partial charge is 0.0843 e. The first-order valence-electron chi connectivity index (χ1n) is 6.05. The van der Waals surface area contributed by atoms with E-state index in [2.05, 4.69) is 26.0 Å². The molecule has 0 nitrogen and oxygen atoms in total. The van der Waals surface area contributed by atoms with Crippen molar-refractivity contribution in [2.75, 3.05) is 0 Å². The van der Waals surface area contributed by atoms with Crippen molar-refractivity contribution in [1.82, 2.24) is 0 Å². The van der Waals surface area contributed by atoms with E-state index in [1.165, 1.54) is 49.7 Å². The van der Waals surface area contributed by atoms with Gasteiger partial charge in [-0.15, -0.1) is 0 Å². The van der Waals surface area contributed by atoms with Crippen LogP contribution in [-0.4, -0.2) is 0 Å². The average Bonchev–Trinajstić information content (AvgIpc) is 2.25. The molecule has 0 spiro atoms. The first-order chi connectivity index (χ1) is 7.27. The van der Waals surface area contributed by atoms with Crippen LogP contribution in [0.1, 0.15) is 50.7 Å². The molecule has 0 unspecified atom stereocenters. The minimum absolute atomic E-state index is 0.876. The molecule has 0 aliphatic heterocycles. The van der Waals surface area contributed by atoms with Crippen LogP contribution in [0.4, 0.5) is 0 Å². The van der Waals surface area contributed by atoms with Crippen LogP contribution in [0.3, 0.4) is 0 Å². The Labute approximate surface area is 98.7 Å². The zero-order valence-corrected chi connectivity index (χ0v) is 10.6. The molecule has 0 aliphatic rings. The summed E-state index contributed by atoms with van der Waals surface area (Å²) in [5.41, 5.74) is 2.95. The van der Waals surface area contributed by atoms with Gasteiger partial charge in [-0.3, -0.25) is 0 Å². The summed E-state index contributed by atoms with van der Waals surface area (Å²) in [6.07, 6.45) is 7.43. The second-order valence-corrected chi connectivity index (χ2v) is 4.56. The highest BCUT2D eigenvalue weighted by molar-refractivity contribution is 6.30. The van der Waals surface area contributed by atoms with Gasteiger partial charge >= 0.3 is 0 Å². The first kappa shape index (κ1) is 12.6. The third kappa shape index (κ3) is 4.25. The predicted molar refractivity (Wildman–Crippen MR) is 68.7 cm³/mol. The second-order valence-electron chi connectivity index (χ2n) is 4.12. The van der Waals surface area contributed by atoms with Crippen molar-refractivity contribution in [2.45, 2.75) is 52.4 Å². The summed E-state index contributed by atoms with van der Waals surface area (Å²) in [7, 11) is 0. The molecule has 0 N–H and O–H groups in total. The quantitative estimate of drug-likeness (QED) is 0.636. The molecule has 0 saturated heterocycles. The van der Waals surface area contributed by atoms with Crippen LogP contribution in [-0.2, 0) is 12.8 Å². The average molecular weight is 225 g/mol. The smallest absolute Gasteiger partial charge is 0.0408 e. The van der Waals surface area contributed by atoms with E-state index < -0.39 is 0 Å². The lowest BCUT2D eigenvalue weighted by Gasteiger charge is -2.09. The van der Waals surface area contributed by atoms with E-state index in [1.54, 1.807) is 0 Å². The molecule has 0 aliphatic carbocycles. The summed E-state index contributed by atoms with van der Waals surface area (Å²) in [5, 5.41) is 0.876. The molecule has 0 bridgehead atoms. The highest BCUT2D eigenvalue weighted by Gasteiger charge is 2.02. The number of benzene rings is 1. The van der Waals surface area contributed by atoms with Gasteiger partial charge in [-0.2, -0.15) is 0 Å². The van der Waals surface area contributed by atoms with Gasteiger partial charge in [0, 0.05) is 5.02 Å². The first-order valence-corrected chi connectivity index (χ1v) is 6.43. The molecular weight excluding hydrogens is 204 g/mol. The maximum atomic E-state index is 6.03. The number of aryl methyl sites for hydroxylation is 2. The summed E-state index contributed by atoms with van der Waals surface area (Å²) < 4.78 is 0. The monoisotopic (exact) mass is 224 g/mol. The van der Waals surface area contributed by atoms with Gasteiger partial charge in [-0.05, 0) is 48.9 Å². The molecule has 1 aromatic rings. The molecule has 0 aromatic heterocycles. The standard InChI is InChI=1S/C14H21Cl/c1-3-5-7-12-9-10-14(15)11-13(12)8-6-4-2/h9-11H,3-8H2,1-2H3. The fraction of sp³-hybridized carbons (Fsp3) is 0.571. The lowest BCUT2D eigenvalue weighted by atomic mass is 9.98. The molecule has 0 fully saturated rings. The molecule has 0 amide bonds. The minimum atomic E-state index is 0.876. The number of hydrogen-bond acceptors (Lipinski definition) is 0. The van der Waals surface area contributed by atoms with Crippen LogP contribution in [0, 0.1) is 0 Å². The van der Waals surface area contributed by atoms with E-state index in [9.17, 15) is 0 Å². The normalized spacial score (nSPS) is 10.6. The Morgan fingerprint density at radius 1 is 0.933 bits per heavy atom. The van der Waals surface area contributed by atoms with Crippen molar-refractivity contribution in [3.8, 4) is 0 Å². The fourth-order valence-electron chi connectivity index (χ4n) is 1.81. The van der Waals surface area contributed by atoms with Crippen molar-refractivity contribution in [3.05, 3.63) is 34.3 Å². The maximum absolute atomic E-state index is 6.03. The second kappa shape index (κ2) is 6.90. The molecule has 0 radical (unpaired) electrons. The van der Waals surface area contributed by atoms with Crippen molar-refractivity contribution >= 4 is 11.6 Å². The number of rotatable bonds is 6. The van der Waals surface area contributed by atoms with Gasteiger partial charge in [0.15, 0.2) is 0 Å². The molecular formula is C14H21Cl. The lowest BCUT2D eigenvalue weighted by Crippen LogP contribution is -1.94. The summed E-state index contributed by atoms with van der Waals surface area (Å²) in [6, 6.07) is 6.35. The van der Waals surface area contributed by atoms with E-state index in [-0.39, 0.29) is 0 Å². The Morgan fingerprint density at radius 2 is 1.53 bits per heavy atom. The molecule has 0 heterocycles. The highest BCUT2D eigenvalue weighted by atomic mass is 35.5. The van der Waals surface area contributed by atoms with Gasteiger partial charge in [0.1, 0.15) is 0 Å². The number of hydrogen-bond donors (Lipinski definition) is 0. The Morgan fingerprint density at radius 3 is 2.13 bits per heavy atom. The van der Waals surface area contributed by atoms with E-state index >= 15 is 0 Å². The van der Waals surface area contributed by atoms with E-state index in [4.69, 9.17) is 11.6 Å². The molecule has 84 valence electrons. The molecule has 1 heteroatoms. The predicted octanol–water partition coefficient (Wildman–Crippen LogP) is 5.03. The Hall–Kier alpha value is -0.490. The van der Waals surface area contributed by atoms with Gasteiger partial charge in [0.25, 0.3) is 0 Å². The van der Waals surface area contributed by atoms with Crippen molar-refractivity contribution in [1.29, 1.82) is 0 Å². The Kier molecular flexibility index (Phi) is 5.78. The van der Waals surface area contributed by atoms with Crippen LogP contribution in [0.5, 0.6) is 0 Å². The van der Waals surface area contributed by atoms with Gasteiger partial charge in [0.2, 0.25) is 0 Å². The zero-order valence-electron chi connectivity index (χ0n) is 9.85. The third-order valence-corrected chi connectivity index (χ3v) is 3.00. The molecule has 1 aromatic carbocycles. The van der Waals surface area contributed by atoms with Crippen LogP contribution in [0.2, 0.25) is 5.02 Å². The lowest BCUT2D eigenvalue weighted by molar-refractivity contribution is 0.758. The molecule has 1 rings (SSSR count). The fourth-order valence-corrected chi connectivity index (χ4v) is 2.00. The molecule has 15 heavy (non-hydrogen) atoms. The summed E-state index contributed by atoms with van der Waals surface area (Å²) >= 11 is 6.03. The van der Waals surface area contributed by atoms with Crippen LogP contribution in [0.25, 0.3) is 0 Å². The van der Waals surface area contributed by atoms with Crippen LogP contribution >= 0.6 is 11.6 Å². The van der Waals surface area contributed by atoms with Gasteiger partial charge in [-0.25, -0.2) is 0 Å². The van der Waals surface area contributed by atoms with Crippen LogP contribution in [0.15, 0.2) is 18.2 Å². The Balaban J connectivity index is 2.73. The maximum Gasteiger partial charge on any atom is 0.0408 e. The molecule has 0 saturated carbocycles. The molecule has 0 atom stereocenters. The number of unbranched alkanes of at least 4 members (excludes halogenated alkanes) is 2. The third-order valence-electron chi connectivity index (χ3n) is 2.77. The van der Waals surface area contributed by atoms with Gasteiger partial charge in [-0.1, -0.05) is 44.4 Å². The zero-order chi connectivity index (χ0) is 11.1. The summed E-state index contributed by atoms with van der Waals surface area (Å²) in [6.45, 7) is 4.47. The van der Waals surface area contributed by atoms with Crippen LogP contribution < -0.4 is 0 Å². The van der Waals surface area contributed by atoms with Crippen molar-refractivity contribution in [2.24, 2.45) is 0 Å². The SMILES string of the molecule is CCCCc1ccc(Cl)cc1CCCC. The van der Waals surface area contributed by atoms with Gasteiger partial charge < -0.3 is 0 Å². The topological polar surface area (TPSA) is 0 Å².